The molecule has 0 fully saturated rings. The lowest BCUT2D eigenvalue weighted by atomic mass is 10.2. The molecule has 0 saturated carbocycles. The van der Waals surface area contributed by atoms with Gasteiger partial charge < -0.3 is 0 Å². The molecule has 7 heteroatoms. The maximum absolute atomic E-state index is 8.69. The van der Waals surface area contributed by atoms with Crippen LogP contribution >= 0.6 is 11.6 Å². The zero-order valence-corrected chi connectivity index (χ0v) is 8.65. The molecule has 14 heavy (non-hydrogen) atoms. The van der Waals surface area contributed by atoms with Gasteiger partial charge in [0.15, 0.2) is 6.29 Å². The fourth-order valence-corrected chi connectivity index (χ4v) is 1.12. The fraction of sp³-hybridized carbons (Fsp3) is 0.571. The molecule has 1 heterocycles. The third-order valence-electron chi connectivity index (χ3n) is 1.78. The molecular formula is C7H11ClN6. The molecule has 0 amide bonds. The number of halogens is 1. The molecule has 0 bridgehead atoms. The quantitative estimate of drug-likeness (QED) is 0.494. The first-order valence-corrected chi connectivity index (χ1v) is 4.40. The maximum atomic E-state index is 8.69. The van der Waals surface area contributed by atoms with Gasteiger partial charge in [0, 0.05) is 0 Å². The van der Waals surface area contributed by atoms with E-state index in [4.69, 9.17) is 22.7 Å². The molecule has 1 aliphatic rings. The molecule has 1 rings (SSSR count). The van der Waals surface area contributed by atoms with E-state index in [1.54, 1.807) is 14.0 Å². The largest absolute Gasteiger partial charge is 0.280 e. The summed E-state index contributed by atoms with van der Waals surface area (Å²) in [6.07, 6.45) is -0.467. The van der Waals surface area contributed by atoms with E-state index in [1.165, 1.54) is 5.01 Å². The van der Waals surface area contributed by atoms with Gasteiger partial charge in [0.2, 0.25) is 5.29 Å². The number of nitrogens with two attached hydrogens (primary N) is 1. The van der Waals surface area contributed by atoms with E-state index in [2.05, 4.69) is 15.3 Å². The Labute approximate surface area is 87.0 Å². The van der Waals surface area contributed by atoms with E-state index in [1.807, 2.05) is 6.07 Å². The van der Waals surface area contributed by atoms with E-state index in [-0.39, 0.29) is 5.29 Å². The Morgan fingerprint density at radius 3 is 2.93 bits per heavy atom. The van der Waals surface area contributed by atoms with Gasteiger partial charge >= 0.3 is 0 Å². The third kappa shape index (κ3) is 2.01. The molecule has 6 nitrogen and oxygen atoms in total. The summed E-state index contributed by atoms with van der Waals surface area (Å²) >= 11 is 5.76. The second kappa shape index (κ2) is 4.37. The van der Waals surface area contributed by atoms with Crippen LogP contribution in [0.3, 0.4) is 0 Å². The van der Waals surface area contributed by atoms with E-state index in [9.17, 15) is 0 Å². The zero-order chi connectivity index (χ0) is 10.7. The second-order valence-corrected chi connectivity index (χ2v) is 3.13. The fourth-order valence-electron chi connectivity index (χ4n) is 0.940. The van der Waals surface area contributed by atoms with Crippen LogP contribution in [0.2, 0.25) is 0 Å². The summed E-state index contributed by atoms with van der Waals surface area (Å²) in [5.41, 5.74) is 0. The van der Waals surface area contributed by atoms with Gasteiger partial charge in [-0.15, -0.1) is 0 Å². The highest BCUT2D eigenvalue weighted by Crippen LogP contribution is 2.10. The molecule has 0 aromatic rings. The highest BCUT2D eigenvalue weighted by Gasteiger charge is 2.23. The minimum absolute atomic E-state index is 0.122. The first-order valence-electron chi connectivity index (χ1n) is 4.02. The minimum Gasteiger partial charge on any atom is -0.280 e. The Morgan fingerprint density at radius 1 is 1.79 bits per heavy atom. The van der Waals surface area contributed by atoms with E-state index < -0.39 is 12.2 Å². The molecule has 2 atom stereocenters. The topological polar surface area (TPSA) is 89.8 Å². The smallest absolute Gasteiger partial charge is 0.217 e. The van der Waals surface area contributed by atoms with Crippen molar-refractivity contribution >= 4 is 22.7 Å². The minimum atomic E-state index is -0.467. The highest BCUT2D eigenvalue weighted by molar-refractivity contribution is 6.65. The summed E-state index contributed by atoms with van der Waals surface area (Å²) in [5.74, 6) is 5.55. The van der Waals surface area contributed by atoms with Gasteiger partial charge in [0.1, 0.15) is 11.8 Å². The van der Waals surface area contributed by atoms with Crippen molar-refractivity contribution in [1.82, 2.24) is 10.3 Å². The predicted octanol–water partition coefficient (Wildman–Crippen LogP) is -0.168. The average molecular weight is 215 g/mol. The van der Waals surface area contributed by atoms with Crippen LogP contribution in [-0.2, 0) is 0 Å². The van der Waals surface area contributed by atoms with Gasteiger partial charge in [-0.25, -0.2) is 20.8 Å². The second-order valence-electron chi connectivity index (χ2n) is 2.79. The Balaban J connectivity index is 2.94. The number of hydrogen-bond acceptors (Lipinski definition) is 6. The zero-order valence-electron chi connectivity index (χ0n) is 7.90. The lowest BCUT2D eigenvalue weighted by Gasteiger charge is -2.27. The summed E-state index contributed by atoms with van der Waals surface area (Å²) in [7, 11) is 1.69. The van der Waals surface area contributed by atoms with Crippen molar-refractivity contribution in [2.24, 2.45) is 21.7 Å². The Bertz CT molecular complexity index is 317. The van der Waals surface area contributed by atoms with Crippen LogP contribution in [0, 0.1) is 17.2 Å². The third-order valence-corrected chi connectivity index (χ3v) is 2.06. The Kier molecular flexibility index (Phi) is 3.41. The van der Waals surface area contributed by atoms with Crippen LogP contribution in [-0.4, -0.2) is 29.5 Å². The van der Waals surface area contributed by atoms with Gasteiger partial charge in [-0.2, -0.15) is 5.26 Å². The van der Waals surface area contributed by atoms with Crippen molar-refractivity contribution in [3.05, 3.63) is 0 Å². The van der Waals surface area contributed by atoms with Gasteiger partial charge in [-0.3, -0.25) is 5.32 Å². The number of aliphatic imine (C=N–C) groups is 2. The lowest BCUT2D eigenvalue weighted by molar-refractivity contribution is 0.292. The van der Waals surface area contributed by atoms with Crippen molar-refractivity contribution in [2.45, 2.75) is 13.2 Å². The summed E-state index contributed by atoms with van der Waals surface area (Å²) < 4.78 is 0. The molecule has 0 aromatic heterocycles. The van der Waals surface area contributed by atoms with Crippen LogP contribution in [0.1, 0.15) is 6.92 Å². The van der Waals surface area contributed by atoms with Crippen molar-refractivity contribution in [3.63, 3.8) is 0 Å². The van der Waals surface area contributed by atoms with Crippen LogP contribution in [0.5, 0.6) is 0 Å². The summed E-state index contributed by atoms with van der Waals surface area (Å²) in [4.78, 5) is 8.02. The molecule has 0 aromatic carbocycles. The van der Waals surface area contributed by atoms with Crippen molar-refractivity contribution in [3.8, 4) is 6.07 Å². The molecule has 0 aliphatic carbocycles. The van der Waals surface area contributed by atoms with E-state index in [0.29, 0.717) is 5.84 Å². The first kappa shape index (κ1) is 10.9. The average Bonchev–Trinajstić information content (AvgIpc) is 2.20. The SMILES string of the molecule is CNC1N=C(C(C)C#N)N=C(Cl)N1N. The molecule has 1 aliphatic heterocycles. The van der Waals surface area contributed by atoms with Crippen LogP contribution in [0.4, 0.5) is 0 Å². The van der Waals surface area contributed by atoms with Gasteiger partial charge in [0.25, 0.3) is 0 Å². The lowest BCUT2D eigenvalue weighted by Crippen LogP contribution is -2.52. The molecule has 2 unspecified atom stereocenters. The van der Waals surface area contributed by atoms with E-state index in [0.717, 1.165) is 0 Å². The number of nitrogens with one attached hydrogen (secondary N) is 1. The van der Waals surface area contributed by atoms with Gasteiger partial charge in [-0.05, 0) is 25.6 Å². The molecule has 3 N–H and O–H groups in total. The van der Waals surface area contributed by atoms with E-state index >= 15 is 0 Å². The number of rotatable bonds is 2. The predicted molar refractivity (Wildman–Crippen MR) is 54.4 cm³/mol. The van der Waals surface area contributed by atoms with Crippen LogP contribution in [0.15, 0.2) is 9.98 Å². The van der Waals surface area contributed by atoms with Gasteiger partial charge in [0.05, 0.1) is 6.07 Å². The normalized spacial score (nSPS) is 23.6. The number of amidine groups is 2. The number of nitriles is 1. The summed E-state index contributed by atoms with van der Waals surface area (Å²) in [6.45, 7) is 1.70. The van der Waals surface area contributed by atoms with Crippen LogP contribution in [0.25, 0.3) is 0 Å². The Hall–Kier alpha value is -1.16. The Morgan fingerprint density at radius 2 is 2.43 bits per heavy atom. The van der Waals surface area contributed by atoms with Crippen molar-refractivity contribution < 1.29 is 0 Å². The maximum Gasteiger partial charge on any atom is 0.217 e. The molecule has 76 valence electrons. The first-order chi connectivity index (χ1) is 6.60. The van der Waals surface area contributed by atoms with Crippen molar-refractivity contribution in [1.29, 1.82) is 5.26 Å². The highest BCUT2D eigenvalue weighted by atomic mass is 35.5. The molecule has 0 radical (unpaired) electrons. The number of hydrazine groups is 1. The molecule has 0 spiro atoms. The molecular weight excluding hydrogens is 204 g/mol. The van der Waals surface area contributed by atoms with Crippen molar-refractivity contribution in [2.75, 3.05) is 7.05 Å². The molecule has 0 saturated heterocycles. The summed E-state index contributed by atoms with van der Waals surface area (Å²) in [6, 6.07) is 2.03. The van der Waals surface area contributed by atoms with Gasteiger partial charge in [-0.1, -0.05) is 0 Å². The summed E-state index contributed by atoms with van der Waals surface area (Å²) in [5, 5.41) is 12.8. The standard InChI is InChI=1S/C7H11ClN6/c1-4(3-9)5-12-6(8)14(10)7(11-2)13-5/h4,7,11H,10H2,1-2H3. The number of hydrogen-bond donors (Lipinski definition) is 2. The monoisotopic (exact) mass is 214 g/mol. The number of nitrogens with zero attached hydrogens (tertiary/aromatic N) is 4. The van der Waals surface area contributed by atoms with Crippen LogP contribution < -0.4 is 11.2 Å².